The third-order valence-electron chi connectivity index (χ3n) is 5.36. The predicted octanol–water partition coefficient (Wildman–Crippen LogP) is -1.25. The van der Waals surface area contributed by atoms with E-state index in [2.05, 4.69) is 0 Å². The number of aliphatic hydroxyl groups is 1. The van der Waals surface area contributed by atoms with Crippen LogP contribution in [0.4, 0.5) is 0 Å². The van der Waals surface area contributed by atoms with Crippen LogP contribution in [0.1, 0.15) is 17.2 Å². The van der Waals surface area contributed by atoms with Gasteiger partial charge < -0.3 is 15.2 Å². The molecule has 128 valence electrons. The predicted molar refractivity (Wildman–Crippen MR) is 82.4 cm³/mol. The first-order valence-corrected chi connectivity index (χ1v) is 7.81. The van der Waals surface area contributed by atoms with Gasteiger partial charge in [-0.05, 0) is 12.5 Å². The Bertz CT molecular complexity index is 719. The van der Waals surface area contributed by atoms with Crippen molar-refractivity contribution in [3.05, 3.63) is 35.4 Å². The summed E-state index contributed by atoms with van der Waals surface area (Å²) in [5, 5.41) is 11.6. The molecule has 0 saturated carbocycles. The van der Waals surface area contributed by atoms with Gasteiger partial charge in [-0.25, -0.2) is 4.79 Å². The van der Waals surface area contributed by atoms with E-state index >= 15 is 0 Å². The minimum Gasteiger partial charge on any atom is -0.464 e. The van der Waals surface area contributed by atoms with Crippen molar-refractivity contribution in [3.63, 3.8) is 0 Å². The summed E-state index contributed by atoms with van der Waals surface area (Å²) >= 11 is 0. The van der Waals surface area contributed by atoms with Crippen molar-refractivity contribution < 1.29 is 29.5 Å². The molecule has 1 aromatic rings. The second kappa shape index (κ2) is 5.68. The van der Waals surface area contributed by atoms with Gasteiger partial charge in [0.2, 0.25) is 17.4 Å². The first kappa shape index (κ1) is 16.6. The molecule has 2 aliphatic rings. The number of esters is 1. The molecular formula is C17H21N2O5+. The number of rotatable bonds is 3. The van der Waals surface area contributed by atoms with E-state index in [4.69, 9.17) is 4.74 Å². The van der Waals surface area contributed by atoms with E-state index in [1.165, 1.54) is 14.2 Å². The lowest BCUT2D eigenvalue weighted by Crippen LogP contribution is -2.99. The van der Waals surface area contributed by atoms with Crippen molar-refractivity contribution in [1.29, 1.82) is 0 Å². The Hall–Kier alpha value is -2.25. The number of imide groups is 1. The number of quaternary nitrogens is 1. The standard InChI is InChI=1S/C17H20N2O5/c1-9-6-4-5-7-10(9)13-11-12(15(22)19(2)14(11)21)17(8-20,18-13)16(23)24-3/h4-7,11-13,18,20H,8H2,1-3H3/p+1/t11-,12-,13+,17-/m0/s1. The first-order valence-electron chi connectivity index (χ1n) is 7.81. The second-order valence-electron chi connectivity index (χ2n) is 6.48. The van der Waals surface area contributed by atoms with Gasteiger partial charge in [-0.2, -0.15) is 0 Å². The van der Waals surface area contributed by atoms with Gasteiger partial charge in [0.25, 0.3) is 0 Å². The molecule has 1 aromatic carbocycles. The Morgan fingerprint density at radius 3 is 2.58 bits per heavy atom. The van der Waals surface area contributed by atoms with Gasteiger partial charge in [-0.15, -0.1) is 0 Å². The third kappa shape index (κ3) is 2.01. The molecule has 4 atom stereocenters. The lowest BCUT2D eigenvalue weighted by molar-refractivity contribution is -0.735. The van der Waals surface area contributed by atoms with Gasteiger partial charge >= 0.3 is 5.97 Å². The van der Waals surface area contributed by atoms with Crippen LogP contribution in [0.25, 0.3) is 0 Å². The minimum absolute atomic E-state index is 0.325. The van der Waals surface area contributed by atoms with Crippen molar-refractivity contribution in [2.45, 2.75) is 18.5 Å². The molecule has 2 heterocycles. The van der Waals surface area contributed by atoms with Crippen LogP contribution in [0, 0.1) is 18.8 Å². The molecule has 2 fully saturated rings. The number of aryl methyl sites for hydroxylation is 1. The number of likely N-dealkylation sites (tertiary alicyclic amines) is 1. The Labute approximate surface area is 139 Å². The second-order valence-corrected chi connectivity index (χ2v) is 6.48. The van der Waals surface area contributed by atoms with Crippen LogP contribution in [-0.2, 0) is 19.1 Å². The highest BCUT2D eigenvalue weighted by Gasteiger charge is 2.72. The average Bonchev–Trinajstić information content (AvgIpc) is 3.05. The third-order valence-corrected chi connectivity index (χ3v) is 5.36. The number of methoxy groups -OCH3 is 1. The van der Waals surface area contributed by atoms with E-state index in [0.29, 0.717) is 0 Å². The topological polar surface area (TPSA) is 101 Å². The number of benzene rings is 1. The van der Waals surface area contributed by atoms with Crippen LogP contribution in [0.15, 0.2) is 24.3 Å². The molecule has 2 amide bonds. The maximum absolute atomic E-state index is 12.7. The van der Waals surface area contributed by atoms with Gasteiger partial charge in [-0.1, -0.05) is 24.3 Å². The highest BCUT2D eigenvalue weighted by Crippen LogP contribution is 2.44. The monoisotopic (exact) mass is 333 g/mol. The molecule has 0 radical (unpaired) electrons. The van der Waals surface area contributed by atoms with E-state index in [1.807, 2.05) is 31.2 Å². The highest BCUT2D eigenvalue weighted by molar-refractivity contribution is 6.08. The maximum atomic E-state index is 12.7. The lowest BCUT2D eigenvalue weighted by atomic mass is 9.79. The zero-order chi connectivity index (χ0) is 17.6. The highest BCUT2D eigenvalue weighted by atomic mass is 16.5. The molecule has 7 nitrogen and oxygen atoms in total. The molecule has 3 rings (SSSR count). The number of carbonyl (C=O) groups is 3. The molecule has 2 aliphatic heterocycles. The smallest absolute Gasteiger partial charge is 0.371 e. The number of hydrogen-bond donors (Lipinski definition) is 2. The summed E-state index contributed by atoms with van der Waals surface area (Å²) in [6, 6.07) is 7.12. The summed E-state index contributed by atoms with van der Waals surface area (Å²) in [7, 11) is 2.63. The van der Waals surface area contributed by atoms with Crippen molar-refractivity contribution >= 4 is 17.8 Å². The number of nitrogens with zero attached hydrogens (tertiary/aromatic N) is 1. The SMILES string of the molecule is COC(=O)[C@@]1(CO)[NH2+][C@H](c2ccccc2C)[C@H]2C(=O)N(C)C(=O)[C@H]21. The van der Waals surface area contributed by atoms with Crippen LogP contribution in [0.3, 0.4) is 0 Å². The first-order chi connectivity index (χ1) is 11.4. The van der Waals surface area contributed by atoms with Gasteiger partial charge in [0.1, 0.15) is 24.5 Å². The number of carbonyl (C=O) groups excluding carboxylic acids is 3. The molecule has 2 saturated heterocycles. The molecular weight excluding hydrogens is 312 g/mol. The van der Waals surface area contributed by atoms with Crippen molar-refractivity contribution in [2.24, 2.45) is 11.8 Å². The summed E-state index contributed by atoms with van der Waals surface area (Å²) in [4.78, 5) is 38.8. The van der Waals surface area contributed by atoms with Gasteiger partial charge in [-0.3, -0.25) is 14.5 Å². The molecule has 0 spiro atoms. The lowest BCUT2D eigenvalue weighted by Gasteiger charge is -2.26. The average molecular weight is 333 g/mol. The fraction of sp³-hybridized carbons (Fsp3) is 0.471. The summed E-state index contributed by atoms with van der Waals surface area (Å²) in [5.74, 6) is -3.09. The maximum Gasteiger partial charge on any atom is 0.371 e. The molecule has 0 aliphatic carbocycles. The van der Waals surface area contributed by atoms with Crippen LogP contribution in [0.5, 0.6) is 0 Å². The minimum atomic E-state index is -1.50. The van der Waals surface area contributed by atoms with Crippen molar-refractivity contribution in [2.75, 3.05) is 20.8 Å². The largest absolute Gasteiger partial charge is 0.464 e. The van der Waals surface area contributed by atoms with E-state index < -0.39 is 41.9 Å². The van der Waals surface area contributed by atoms with Crippen LogP contribution >= 0.6 is 0 Å². The van der Waals surface area contributed by atoms with E-state index in [-0.39, 0.29) is 5.91 Å². The molecule has 24 heavy (non-hydrogen) atoms. The number of ether oxygens (including phenoxy) is 1. The van der Waals surface area contributed by atoms with Crippen LogP contribution in [0.2, 0.25) is 0 Å². The number of amides is 2. The molecule has 0 bridgehead atoms. The number of nitrogens with two attached hydrogens (primary N) is 1. The summed E-state index contributed by atoms with van der Waals surface area (Å²) < 4.78 is 4.86. The summed E-state index contributed by atoms with van der Waals surface area (Å²) in [5.41, 5.74) is 0.346. The van der Waals surface area contributed by atoms with E-state index in [1.54, 1.807) is 5.32 Å². The van der Waals surface area contributed by atoms with Gasteiger partial charge in [0, 0.05) is 12.6 Å². The van der Waals surface area contributed by atoms with Crippen molar-refractivity contribution in [3.8, 4) is 0 Å². The molecule has 0 aromatic heterocycles. The van der Waals surface area contributed by atoms with E-state index in [0.717, 1.165) is 16.0 Å². The van der Waals surface area contributed by atoms with Crippen LogP contribution < -0.4 is 5.32 Å². The fourth-order valence-electron chi connectivity index (χ4n) is 4.11. The summed E-state index contributed by atoms with van der Waals surface area (Å²) in [6.45, 7) is 1.34. The number of fused-ring (bicyclic) bond motifs is 1. The van der Waals surface area contributed by atoms with E-state index in [9.17, 15) is 19.5 Å². The zero-order valence-electron chi connectivity index (χ0n) is 13.9. The number of hydrogen-bond acceptors (Lipinski definition) is 5. The Morgan fingerprint density at radius 2 is 2.00 bits per heavy atom. The van der Waals surface area contributed by atoms with Gasteiger partial charge in [0.15, 0.2) is 0 Å². The quantitative estimate of drug-likeness (QED) is 0.532. The normalized spacial score (nSPS) is 32.2. The van der Waals surface area contributed by atoms with Crippen molar-refractivity contribution in [1.82, 2.24) is 4.90 Å². The molecule has 3 N–H and O–H groups in total. The molecule has 7 heteroatoms. The van der Waals surface area contributed by atoms with Crippen LogP contribution in [-0.4, -0.2) is 54.1 Å². The van der Waals surface area contributed by atoms with Gasteiger partial charge in [0.05, 0.1) is 7.11 Å². The number of aliphatic hydroxyl groups excluding tert-OH is 1. The Balaban J connectivity index is 2.17. The Morgan fingerprint density at radius 1 is 1.33 bits per heavy atom. The zero-order valence-corrected chi connectivity index (χ0v) is 13.9. The summed E-state index contributed by atoms with van der Waals surface area (Å²) in [6.07, 6.45) is 0. The Kier molecular flexibility index (Phi) is 3.93. The fourth-order valence-corrected chi connectivity index (χ4v) is 4.11. The molecule has 0 unspecified atom stereocenters.